The number of nitrogens with one attached hydrogen (secondary N) is 2. The van der Waals surface area contributed by atoms with E-state index >= 15 is 0 Å². The Balaban J connectivity index is 1.70. The molecule has 88 valence electrons. The Kier molecular flexibility index (Phi) is 4.00. The van der Waals surface area contributed by atoms with E-state index in [2.05, 4.69) is 17.6 Å². The van der Waals surface area contributed by atoms with Crippen molar-refractivity contribution in [1.29, 1.82) is 0 Å². The van der Waals surface area contributed by atoms with Crippen LogP contribution in [0.3, 0.4) is 0 Å². The number of ether oxygens (including phenoxy) is 1. The Morgan fingerprint density at radius 2 is 2.20 bits per heavy atom. The maximum absolute atomic E-state index is 5.42. The van der Waals surface area contributed by atoms with Gasteiger partial charge in [0.2, 0.25) is 0 Å². The van der Waals surface area contributed by atoms with Crippen LogP contribution in [0.5, 0.6) is 0 Å². The third kappa shape index (κ3) is 3.44. The third-order valence-electron chi connectivity index (χ3n) is 3.81. The molecule has 3 nitrogen and oxygen atoms in total. The van der Waals surface area contributed by atoms with Crippen LogP contribution in [0.4, 0.5) is 0 Å². The van der Waals surface area contributed by atoms with Crippen LogP contribution in [0.1, 0.15) is 32.6 Å². The highest BCUT2D eigenvalue weighted by Crippen LogP contribution is 2.28. The van der Waals surface area contributed by atoms with Crippen molar-refractivity contribution in [2.75, 3.05) is 32.8 Å². The van der Waals surface area contributed by atoms with E-state index in [1.165, 1.54) is 32.2 Å². The van der Waals surface area contributed by atoms with E-state index in [0.717, 1.165) is 26.3 Å². The zero-order chi connectivity index (χ0) is 10.6. The molecule has 0 aromatic carbocycles. The lowest BCUT2D eigenvalue weighted by molar-refractivity contribution is 0.0225. The van der Waals surface area contributed by atoms with Gasteiger partial charge < -0.3 is 15.4 Å². The fourth-order valence-corrected chi connectivity index (χ4v) is 2.46. The molecule has 2 saturated heterocycles. The minimum Gasteiger partial charge on any atom is -0.381 e. The van der Waals surface area contributed by atoms with E-state index in [1.54, 1.807) is 0 Å². The van der Waals surface area contributed by atoms with Gasteiger partial charge in [-0.15, -0.1) is 0 Å². The first-order chi connectivity index (χ1) is 7.29. The Hall–Kier alpha value is -0.120. The van der Waals surface area contributed by atoms with Crippen LogP contribution in [-0.4, -0.2) is 38.9 Å². The number of rotatable bonds is 3. The third-order valence-corrected chi connectivity index (χ3v) is 3.81. The van der Waals surface area contributed by atoms with Crippen molar-refractivity contribution in [1.82, 2.24) is 10.6 Å². The van der Waals surface area contributed by atoms with Crippen molar-refractivity contribution in [3.63, 3.8) is 0 Å². The molecule has 3 heteroatoms. The maximum Gasteiger partial charge on any atom is 0.0471 e. The lowest BCUT2D eigenvalue weighted by atomic mass is 9.82. The molecule has 1 atom stereocenters. The fraction of sp³-hybridized carbons (Fsp3) is 1.00. The molecule has 0 spiro atoms. The van der Waals surface area contributed by atoms with Crippen LogP contribution >= 0.6 is 0 Å². The molecule has 2 aliphatic rings. The van der Waals surface area contributed by atoms with Crippen LogP contribution in [-0.2, 0) is 4.74 Å². The second-order valence-electron chi connectivity index (χ2n) is 5.35. The van der Waals surface area contributed by atoms with Crippen LogP contribution < -0.4 is 10.6 Å². The standard InChI is InChI=1S/C12H24N2O/c1-12(4-7-15-8-5-12)10-14-11-3-2-6-13-9-11/h11,13-14H,2-10H2,1H3. The van der Waals surface area contributed by atoms with Crippen molar-refractivity contribution in [2.45, 2.75) is 38.6 Å². The maximum atomic E-state index is 5.42. The highest BCUT2D eigenvalue weighted by atomic mass is 16.5. The van der Waals surface area contributed by atoms with Crippen molar-refractivity contribution in [3.8, 4) is 0 Å². The summed E-state index contributed by atoms with van der Waals surface area (Å²) in [6.45, 7) is 7.78. The SMILES string of the molecule is CC1(CNC2CCCNC2)CCOCC1. The molecular weight excluding hydrogens is 188 g/mol. The van der Waals surface area contributed by atoms with Gasteiger partial charge in [0.25, 0.3) is 0 Å². The predicted octanol–water partition coefficient (Wildman–Crippen LogP) is 1.14. The predicted molar refractivity (Wildman–Crippen MR) is 62.1 cm³/mol. The van der Waals surface area contributed by atoms with Gasteiger partial charge in [-0.25, -0.2) is 0 Å². The summed E-state index contributed by atoms with van der Waals surface area (Å²) >= 11 is 0. The number of hydrogen-bond donors (Lipinski definition) is 2. The highest BCUT2D eigenvalue weighted by Gasteiger charge is 2.28. The molecule has 0 bridgehead atoms. The molecule has 2 fully saturated rings. The van der Waals surface area contributed by atoms with Crippen molar-refractivity contribution in [3.05, 3.63) is 0 Å². The minimum absolute atomic E-state index is 0.468. The monoisotopic (exact) mass is 212 g/mol. The van der Waals surface area contributed by atoms with E-state index in [-0.39, 0.29) is 0 Å². The Morgan fingerprint density at radius 1 is 1.40 bits per heavy atom. The van der Waals surface area contributed by atoms with Crippen LogP contribution in [0, 0.1) is 5.41 Å². The molecular formula is C12H24N2O. The quantitative estimate of drug-likeness (QED) is 0.736. The van der Waals surface area contributed by atoms with Gasteiger partial charge in [0, 0.05) is 32.3 Å². The Bertz CT molecular complexity index is 184. The largest absolute Gasteiger partial charge is 0.381 e. The van der Waals surface area contributed by atoms with E-state index in [0.29, 0.717) is 11.5 Å². The van der Waals surface area contributed by atoms with Crippen molar-refractivity contribution in [2.24, 2.45) is 5.41 Å². The molecule has 0 aromatic heterocycles. The Morgan fingerprint density at radius 3 is 2.87 bits per heavy atom. The van der Waals surface area contributed by atoms with Crippen molar-refractivity contribution >= 4 is 0 Å². The normalized spacial score (nSPS) is 31.4. The molecule has 0 aliphatic carbocycles. The van der Waals surface area contributed by atoms with Gasteiger partial charge in [-0.3, -0.25) is 0 Å². The molecule has 2 aliphatic heterocycles. The van der Waals surface area contributed by atoms with Gasteiger partial charge in [-0.2, -0.15) is 0 Å². The summed E-state index contributed by atoms with van der Waals surface area (Å²) in [4.78, 5) is 0. The summed E-state index contributed by atoms with van der Waals surface area (Å²) in [5, 5.41) is 7.16. The zero-order valence-corrected chi connectivity index (χ0v) is 9.85. The lowest BCUT2D eigenvalue weighted by Crippen LogP contribution is -2.47. The van der Waals surface area contributed by atoms with Gasteiger partial charge in [-0.05, 0) is 37.6 Å². The van der Waals surface area contributed by atoms with Gasteiger partial charge in [-0.1, -0.05) is 6.92 Å². The smallest absolute Gasteiger partial charge is 0.0471 e. The molecule has 2 N–H and O–H groups in total. The fourth-order valence-electron chi connectivity index (χ4n) is 2.46. The summed E-state index contributed by atoms with van der Waals surface area (Å²) < 4.78 is 5.42. The molecule has 0 aromatic rings. The van der Waals surface area contributed by atoms with Crippen LogP contribution in [0.2, 0.25) is 0 Å². The Labute approximate surface area is 93.0 Å². The minimum atomic E-state index is 0.468. The first-order valence-electron chi connectivity index (χ1n) is 6.30. The van der Waals surface area contributed by atoms with E-state index in [1.807, 2.05) is 0 Å². The van der Waals surface area contributed by atoms with Crippen LogP contribution in [0.25, 0.3) is 0 Å². The molecule has 1 unspecified atom stereocenters. The summed E-state index contributed by atoms with van der Waals surface area (Å²) in [6, 6.07) is 0.693. The molecule has 15 heavy (non-hydrogen) atoms. The highest BCUT2D eigenvalue weighted by molar-refractivity contribution is 4.83. The topological polar surface area (TPSA) is 33.3 Å². The summed E-state index contributed by atoms with van der Waals surface area (Å²) in [5.74, 6) is 0. The van der Waals surface area contributed by atoms with Gasteiger partial charge in [0.05, 0.1) is 0 Å². The average molecular weight is 212 g/mol. The summed E-state index contributed by atoms with van der Waals surface area (Å²) in [6.07, 6.45) is 5.07. The van der Waals surface area contributed by atoms with E-state index in [4.69, 9.17) is 4.74 Å². The number of hydrogen-bond acceptors (Lipinski definition) is 3. The first kappa shape index (κ1) is 11.4. The van der Waals surface area contributed by atoms with E-state index < -0.39 is 0 Å². The molecule has 0 saturated carbocycles. The first-order valence-corrected chi connectivity index (χ1v) is 6.30. The van der Waals surface area contributed by atoms with Crippen molar-refractivity contribution < 1.29 is 4.74 Å². The molecule has 2 heterocycles. The molecule has 0 amide bonds. The van der Waals surface area contributed by atoms with Gasteiger partial charge in [0.1, 0.15) is 0 Å². The van der Waals surface area contributed by atoms with Gasteiger partial charge in [0.15, 0.2) is 0 Å². The van der Waals surface area contributed by atoms with Gasteiger partial charge >= 0.3 is 0 Å². The number of piperidine rings is 1. The van der Waals surface area contributed by atoms with E-state index in [9.17, 15) is 0 Å². The summed E-state index contributed by atoms with van der Waals surface area (Å²) in [7, 11) is 0. The molecule has 0 radical (unpaired) electrons. The summed E-state index contributed by atoms with van der Waals surface area (Å²) in [5.41, 5.74) is 0.468. The second-order valence-corrected chi connectivity index (χ2v) is 5.35. The molecule has 2 rings (SSSR count). The lowest BCUT2D eigenvalue weighted by Gasteiger charge is -2.36. The zero-order valence-electron chi connectivity index (χ0n) is 9.85. The second kappa shape index (κ2) is 5.28. The van der Waals surface area contributed by atoms with Crippen LogP contribution in [0.15, 0.2) is 0 Å². The average Bonchev–Trinajstić information content (AvgIpc) is 2.29.